The van der Waals surface area contributed by atoms with Gasteiger partial charge >= 0.3 is 0 Å². The quantitative estimate of drug-likeness (QED) is 0.286. The van der Waals surface area contributed by atoms with Crippen LogP contribution in [0, 0.1) is 5.41 Å². The van der Waals surface area contributed by atoms with Gasteiger partial charge < -0.3 is 19.9 Å². The van der Waals surface area contributed by atoms with Gasteiger partial charge in [0.15, 0.2) is 5.84 Å². The molecule has 4 heterocycles. The minimum absolute atomic E-state index is 0.631. The summed E-state index contributed by atoms with van der Waals surface area (Å²) in [5, 5.41) is 22.9. The lowest BCUT2D eigenvalue weighted by Crippen LogP contribution is -2.49. The van der Waals surface area contributed by atoms with Crippen molar-refractivity contribution in [2.45, 2.75) is 12.5 Å². The van der Waals surface area contributed by atoms with Gasteiger partial charge in [0.1, 0.15) is 11.9 Å². The normalized spacial score (nSPS) is 16.1. The number of aliphatic imine (C=N–C) groups is 1. The van der Waals surface area contributed by atoms with Crippen LogP contribution in [0.3, 0.4) is 0 Å². The zero-order chi connectivity index (χ0) is 25.1. The van der Waals surface area contributed by atoms with E-state index in [1.165, 1.54) is 0 Å². The van der Waals surface area contributed by atoms with Crippen LogP contribution in [0.5, 0.6) is 0 Å². The lowest BCUT2D eigenvalue weighted by Gasteiger charge is -2.36. The smallest absolute Gasteiger partial charge is 0.225 e. The molecule has 10 heteroatoms. The molecule has 0 aliphatic carbocycles. The molecule has 1 fully saturated rings. The fourth-order valence-electron chi connectivity index (χ4n) is 4.43. The van der Waals surface area contributed by atoms with Crippen molar-refractivity contribution in [3.63, 3.8) is 0 Å². The zero-order valence-electron chi connectivity index (χ0n) is 20.3. The van der Waals surface area contributed by atoms with E-state index in [4.69, 9.17) is 5.41 Å². The number of piperazine rings is 1. The van der Waals surface area contributed by atoms with Crippen LogP contribution in [0.4, 0.5) is 5.95 Å². The number of amidine groups is 1. The first-order valence-electron chi connectivity index (χ1n) is 11.8. The average molecular weight is 484 g/mol. The number of hydrogen-bond acceptors (Lipinski definition) is 6. The molecule has 0 unspecified atom stereocenters. The number of anilines is 1. The maximum Gasteiger partial charge on any atom is 0.225 e. The van der Waals surface area contributed by atoms with Crippen molar-refractivity contribution in [2.24, 2.45) is 12.0 Å². The summed E-state index contributed by atoms with van der Waals surface area (Å²) in [6.07, 6.45) is 10.2. The number of benzene rings is 1. The molecule has 0 saturated carbocycles. The minimum atomic E-state index is -1.17. The van der Waals surface area contributed by atoms with Gasteiger partial charge in [0.2, 0.25) is 5.95 Å². The molecule has 10 nitrogen and oxygen atoms in total. The van der Waals surface area contributed by atoms with Crippen molar-refractivity contribution in [1.29, 1.82) is 5.41 Å². The lowest BCUT2D eigenvalue weighted by atomic mass is 9.90. The Labute approximate surface area is 209 Å². The number of rotatable bonds is 6. The van der Waals surface area contributed by atoms with E-state index in [1.54, 1.807) is 24.0 Å². The van der Waals surface area contributed by atoms with Gasteiger partial charge in [0.25, 0.3) is 0 Å². The Balaban J connectivity index is 1.26. The third kappa shape index (κ3) is 4.63. The number of hydrogen-bond donors (Lipinski definition) is 3. The summed E-state index contributed by atoms with van der Waals surface area (Å²) in [5.41, 5.74) is 3.17. The van der Waals surface area contributed by atoms with Crippen molar-refractivity contribution in [2.75, 3.05) is 31.1 Å². The topological polar surface area (TPSA) is 122 Å². The summed E-state index contributed by atoms with van der Waals surface area (Å²) in [5.74, 6) is 1.36. The summed E-state index contributed by atoms with van der Waals surface area (Å²) in [6.45, 7) is 4.59. The SMILES string of the molecule is Cn1cc(-c2c[nH]c(/C(=N\C=N)N3CCN(c4ncc([C@@](C)(O)c5ccccc5)cn4)CC3)c2)cn1. The number of nitrogens with zero attached hydrogens (tertiary/aromatic N) is 7. The van der Waals surface area contributed by atoms with Crippen molar-refractivity contribution >= 4 is 18.1 Å². The molecule has 1 aromatic carbocycles. The highest BCUT2D eigenvalue weighted by Crippen LogP contribution is 2.28. The maximum absolute atomic E-state index is 11.0. The fraction of sp³-hybridized carbons (Fsp3) is 0.269. The molecule has 1 saturated heterocycles. The van der Waals surface area contributed by atoms with Crippen LogP contribution >= 0.6 is 0 Å². The van der Waals surface area contributed by atoms with Crippen LogP contribution < -0.4 is 4.90 Å². The van der Waals surface area contributed by atoms with E-state index >= 15 is 0 Å². The number of aryl methyl sites for hydroxylation is 1. The van der Waals surface area contributed by atoms with E-state index in [1.807, 2.05) is 62.0 Å². The predicted octanol–water partition coefficient (Wildman–Crippen LogP) is 2.64. The third-order valence-corrected chi connectivity index (χ3v) is 6.55. The molecule has 5 rings (SSSR count). The summed E-state index contributed by atoms with van der Waals surface area (Å²) in [4.78, 5) is 21.0. The fourth-order valence-corrected chi connectivity index (χ4v) is 4.43. The van der Waals surface area contributed by atoms with E-state index in [0.717, 1.165) is 34.6 Å². The van der Waals surface area contributed by atoms with Crippen LogP contribution in [0.25, 0.3) is 11.1 Å². The molecule has 1 atom stereocenters. The van der Waals surface area contributed by atoms with Crippen molar-refractivity contribution in [1.82, 2.24) is 29.6 Å². The summed E-state index contributed by atoms with van der Waals surface area (Å²) >= 11 is 0. The van der Waals surface area contributed by atoms with Crippen molar-refractivity contribution < 1.29 is 5.11 Å². The van der Waals surface area contributed by atoms with Crippen LogP contribution in [-0.2, 0) is 12.6 Å². The van der Waals surface area contributed by atoms with Gasteiger partial charge in [-0.3, -0.25) is 10.1 Å². The molecule has 3 N–H and O–H groups in total. The second kappa shape index (κ2) is 9.74. The average Bonchev–Trinajstić information content (AvgIpc) is 3.57. The van der Waals surface area contributed by atoms with Crippen LogP contribution in [0.15, 0.2) is 72.4 Å². The second-order valence-corrected chi connectivity index (χ2v) is 8.97. The standard InChI is InChI=1S/C26H29N9O/c1-26(36,21-6-4-3-5-7-21)22-15-29-25(30-16-22)35-10-8-34(9-11-35)24(31-18-27)23-12-19(13-28-23)20-14-32-33(2)17-20/h3-7,12-18,27-28,36H,8-11H2,1-2H3/b27-18?,31-24+/t26-/m0/s1. The number of aliphatic hydroxyl groups is 1. The predicted molar refractivity (Wildman–Crippen MR) is 139 cm³/mol. The number of aromatic amines is 1. The Morgan fingerprint density at radius 2 is 1.78 bits per heavy atom. The Morgan fingerprint density at radius 1 is 1.06 bits per heavy atom. The second-order valence-electron chi connectivity index (χ2n) is 8.97. The Hall–Kier alpha value is -4.31. The maximum atomic E-state index is 11.0. The molecule has 4 aromatic rings. The summed E-state index contributed by atoms with van der Waals surface area (Å²) < 4.78 is 1.77. The first kappa shape index (κ1) is 23.4. The first-order valence-corrected chi connectivity index (χ1v) is 11.8. The highest BCUT2D eigenvalue weighted by Gasteiger charge is 2.28. The molecule has 184 valence electrons. The molecule has 36 heavy (non-hydrogen) atoms. The van der Waals surface area contributed by atoms with E-state index in [0.29, 0.717) is 37.7 Å². The highest BCUT2D eigenvalue weighted by atomic mass is 16.3. The van der Waals surface area contributed by atoms with Gasteiger partial charge in [-0.15, -0.1) is 0 Å². The molecule has 0 bridgehead atoms. The molecule has 0 spiro atoms. The zero-order valence-corrected chi connectivity index (χ0v) is 20.3. The molecular weight excluding hydrogens is 454 g/mol. The van der Waals surface area contributed by atoms with E-state index in [9.17, 15) is 5.11 Å². The van der Waals surface area contributed by atoms with Crippen LogP contribution in [-0.4, -0.2) is 73.1 Å². The van der Waals surface area contributed by atoms with E-state index in [2.05, 4.69) is 34.8 Å². The molecule has 0 amide bonds. The number of nitrogens with one attached hydrogen (secondary N) is 2. The van der Waals surface area contributed by atoms with E-state index in [-0.39, 0.29) is 0 Å². The Morgan fingerprint density at radius 3 is 2.42 bits per heavy atom. The summed E-state index contributed by atoms with van der Waals surface area (Å²) in [6, 6.07) is 11.6. The summed E-state index contributed by atoms with van der Waals surface area (Å²) in [7, 11) is 1.89. The largest absolute Gasteiger partial charge is 0.381 e. The Kier molecular flexibility index (Phi) is 6.34. The van der Waals surface area contributed by atoms with E-state index < -0.39 is 5.60 Å². The molecule has 3 aromatic heterocycles. The van der Waals surface area contributed by atoms with Crippen molar-refractivity contribution in [3.05, 3.63) is 84.2 Å². The Bertz CT molecular complexity index is 1350. The van der Waals surface area contributed by atoms with Gasteiger partial charge in [-0.25, -0.2) is 15.0 Å². The molecular formula is C26H29N9O. The van der Waals surface area contributed by atoms with Gasteiger partial charge in [-0.2, -0.15) is 5.10 Å². The number of aromatic nitrogens is 5. The van der Waals surface area contributed by atoms with Gasteiger partial charge in [-0.05, 0) is 18.6 Å². The third-order valence-electron chi connectivity index (χ3n) is 6.55. The van der Waals surface area contributed by atoms with Crippen molar-refractivity contribution in [3.8, 4) is 11.1 Å². The number of H-pyrrole nitrogens is 1. The lowest BCUT2D eigenvalue weighted by molar-refractivity contribution is 0.101. The van der Waals surface area contributed by atoms with Gasteiger partial charge in [0.05, 0.1) is 11.9 Å². The van der Waals surface area contributed by atoms with Crippen LogP contribution in [0.1, 0.15) is 23.7 Å². The molecule has 1 aliphatic rings. The first-order chi connectivity index (χ1) is 17.5. The van der Waals surface area contributed by atoms with Gasteiger partial charge in [-0.1, -0.05) is 30.3 Å². The van der Waals surface area contributed by atoms with Gasteiger partial charge in [0, 0.05) is 74.7 Å². The monoisotopic (exact) mass is 483 g/mol. The highest BCUT2D eigenvalue weighted by molar-refractivity contribution is 6.01. The molecule has 1 aliphatic heterocycles. The van der Waals surface area contributed by atoms with Crippen LogP contribution in [0.2, 0.25) is 0 Å². The molecule has 0 radical (unpaired) electrons. The minimum Gasteiger partial charge on any atom is -0.381 e.